The van der Waals surface area contributed by atoms with Gasteiger partial charge in [-0.15, -0.1) is 0 Å². The molecule has 0 aliphatic rings. The van der Waals surface area contributed by atoms with E-state index in [0.29, 0.717) is 17.0 Å². The molecule has 0 saturated heterocycles. The Morgan fingerprint density at radius 2 is 1.92 bits per heavy atom. The zero-order valence-electron chi connectivity index (χ0n) is 13.5. The van der Waals surface area contributed by atoms with Gasteiger partial charge in [-0.3, -0.25) is 9.89 Å². The molecule has 0 spiro atoms. The Bertz CT molecular complexity index is 842. The number of benzene rings is 2. The largest absolute Gasteiger partial charge is 0.497 e. The zero-order valence-corrected chi connectivity index (χ0v) is 13.5. The maximum Gasteiger partial charge on any atom is 0.272 e. The average Bonchev–Trinajstić information content (AvgIpc) is 3.05. The van der Waals surface area contributed by atoms with E-state index in [1.807, 2.05) is 24.3 Å². The molecule has 0 aliphatic carbocycles. The van der Waals surface area contributed by atoms with Crippen molar-refractivity contribution >= 4 is 16.8 Å². The maximum atomic E-state index is 12.4. The Hall–Kier alpha value is -2.86. The van der Waals surface area contributed by atoms with Crippen LogP contribution in [0.4, 0.5) is 0 Å². The van der Waals surface area contributed by atoms with E-state index in [-0.39, 0.29) is 5.91 Å². The van der Waals surface area contributed by atoms with Gasteiger partial charge in [-0.2, -0.15) is 5.10 Å². The number of amides is 1. The molecule has 24 heavy (non-hydrogen) atoms. The lowest BCUT2D eigenvalue weighted by atomic mass is 10.0. The minimum absolute atomic E-state index is 0.319. The fraction of sp³-hybridized carbons (Fsp3) is 0.222. The van der Waals surface area contributed by atoms with E-state index in [9.17, 15) is 9.90 Å². The van der Waals surface area contributed by atoms with Crippen molar-refractivity contribution in [1.82, 2.24) is 15.5 Å². The van der Waals surface area contributed by atoms with Gasteiger partial charge in [-0.05, 0) is 30.7 Å². The SMILES string of the molecule is COc1ccc(C(O)C(C)NC(=O)c2n[nH]c3ccccc23)cc1. The quantitative estimate of drug-likeness (QED) is 0.672. The second-order valence-electron chi connectivity index (χ2n) is 5.60. The molecule has 0 fully saturated rings. The molecule has 0 saturated carbocycles. The molecule has 3 rings (SSSR count). The number of fused-ring (bicyclic) bond motifs is 1. The predicted octanol–water partition coefficient (Wildman–Crippen LogP) is 2.42. The Morgan fingerprint density at radius 1 is 1.21 bits per heavy atom. The molecule has 0 bridgehead atoms. The molecule has 0 aliphatic heterocycles. The molecular formula is C18H19N3O3. The van der Waals surface area contributed by atoms with Crippen LogP contribution in [-0.2, 0) is 0 Å². The molecule has 0 radical (unpaired) electrons. The van der Waals surface area contributed by atoms with Crippen LogP contribution in [0.2, 0.25) is 0 Å². The fourth-order valence-electron chi connectivity index (χ4n) is 2.58. The topological polar surface area (TPSA) is 87.2 Å². The number of nitrogens with zero attached hydrogens (tertiary/aromatic N) is 1. The Balaban J connectivity index is 1.73. The van der Waals surface area contributed by atoms with Crippen LogP contribution in [0, 0.1) is 0 Å². The van der Waals surface area contributed by atoms with Gasteiger partial charge in [0, 0.05) is 5.39 Å². The standard InChI is InChI=1S/C18H19N3O3/c1-11(17(22)12-7-9-13(24-2)10-8-12)19-18(23)16-14-5-3-4-6-15(14)20-21-16/h3-11,17,22H,1-2H3,(H,19,23)(H,20,21). The van der Waals surface area contributed by atoms with Crippen LogP contribution in [0.5, 0.6) is 5.75 Å². The van der Waals surface area contributed by atoms with Crippen LogP contribution in [0.3, 0.4) is 0 Å². The molecule has 1 amide bonds. The van der Waals surface area contributed by atoms with Gasteiger partial charge in [0.05, 0.1) is 24.8 Å². The maximum absolute atomic E-state index is 12.4. The lowest BCUT2D eigenvalue weighted by Gasteiger charge is -2.20. The van der Waals surface area contributed by atoms with Gasteiger partial charge < -0.3 is 15.2 Å². The van der Waals surface area contributed by atoms with E-state index in [2.05, 4.69) is 15.5 Å². The summed E-state index contributed by atoms with van der Waals surface area (Å²) in [5, 5.41) is 20.9. The zero-order chi connectivity index (χ0) is 17.1. The first-order valence-corrected chi connectivity index (χ1v) is 7.66. The van der Waals surface area contributed by atoms with E-state index in [4.69, 9.17) is 4.74 Å². The van der Waals surface area contributed by atoms with Crippen LogP contribution < -0.4 is 10.1 Å². The van der Waals surface area contributed by atoms with Crippen molar-refractivity contribution < 1.29 is 14.6 Å². The minimum atomic E-state index is -0.829. The molecule has 3 N–H and O–H groups in total. The van der Waals surface area contributed by atoms with E-state index < -0.39 is 12.1 Å². The number of rotatable bonds is 5. The number of aromatic amines is 1. The summed E-state index contributed by atoms with van der Waals surface area (Å²) in [7, 11) is 1.59. The van der Waals surface area contributed by atoms with Crippen molar-refractivity contribution in [1.29, 1.82) is 0 Å². The first-order chi connectivity index (χ1) is 11.6. The number of hydrogen-bond acceptors (Lipinski definition) is 4. The molecule has 6 heteroatoms. The van der Waals surface area contributed by atoms with E-state index in [1.54, 1.807) is 38.3 Å². The van der Waals surface area contributed by atoms with Crippen LogP contribution in [-0.4, -0.2) is 34.4 Å². The second kappa shape index (κ2) is 6.72. The van der Waals surface area contributed by atoms with Gasteiger partial charge in [0.25, 0.3) is 5.91 Å². The van der Waals surface area contributed by atoms with E-state index in [0.717, 1.165) is 10.9 Å². The van der Waals surface area contributed by atoms with Gasteiger partial charge in [-0.1, -0.05) is 30.3 Å². The van der Waals surface area contributed by atoms with Crippen LogP contribution in [0.1, 0.15) is 29.1 Å². The third kappa shape index (κ3) is 3.09. The number of ether oxygens (including phenoxy) is 1. The van der Waals surface area contributed by atoms with Crippen molar-refractivity contribution in [2.75, 3.05) is 7.11 Å². The molecule has 3 aromatic rings. The molecule has 2 atom stereocenters. The number of para-hydroxylation sites is 1. The van der Waals surface area contributed by atoms with Crippen molar-refractivity contribution in [2.45, 2.75) is 19.1 Å². The predicted molar refractivity (Wildman–Crippen MR) is 91.0 cm³/mol. The number of H-pyrrole nitrogens is 1. The van der Waals surface area contributed by atoms with Crippen LogP contribution >= 0.6 is 0 Å². The summed E-state index contributed by atoms with van der Waals surface area (Å²) in [6.07, 6.45) is -0.829. The van der Waals surface area contributed by atoms with Gasteiger partial charge in [0.2, 0.25) is 0 Å². The second-order valence-corrected chi connectivity index (χ2v) is 5.60. The normalized spacial score (nSPS) is 13.5. The number of methoxy groups -OCH3 is 1. The highest BCUT2D eigenvalue weighted by Crippen LogP contribution is 2.21. The number of carbonyl (C=O) groups excluding carboxylic acids is 1. The number of aromatic nitrogens is 2. The average molecular weight is 325 g/mol. The lowest BCUT2D eigenvalue weighted by molar-refractivity contribution is 0.0848. The molecule has 2 aromatic carbocycles. The first kappa shape index (κ1) is 16.0. The van der Waals surface area contributed by atoms with Gasteiger partial charge >= 0.3 is 0 Å². The Kier molecular flexibility index (Phi) is 4.48. The highest BCUT2D eigenvalue weighted by atomic mass is 16.5. The number of aliphatic hydroxyl groups excluding tert-OH is 1. The third-order valence-electron chi connectivity index (χ3n) is 3.98. The van der Waals surface area contributed by atoms with Gasteiger partial charge in [0.1, 0.15) is 5.75 Å². The first-order valence-electron chi connectivity index (χ1n) is 7.66. The van der Waals surface area contributed by atoms with Gasteiger partial charge in [-0.25, -0.2) is 0 Å². The molecule has 1 heterocycles. The number of nitrogens with one attached hydrogen (secondary N) is 2. The summed E-state index contributed by atoms with van der Waals surface area (Å²) in [5.41, 5.74) is 1.82. The molecule has 124 valence electrons. The molecular weight excluding hydrogens is 306 g/mol. The Labute approximate surface area is 139 Å². The number of hydrogen-bond donors (Lipinski definition) is 3. The Morgan fingerprint density at radius 3 is 2.62 bits per heavy atom. The van der Waals surface area contributed by atoms with Crippen LogP contribution in [0.25, 0.3) is 10.9 Å². The number of carbonyl (C=O) groups is 1. The third-order valence-corrected chi connectivity index (χ3v) is 3.98. The number of aliphatic hydroxyl groups is 1. The highest BCUT2D eigenvalue weighted by Gasteiger charge is 2.21. The summed E-state index contributed by atoms with van der Waals surface area (Å²) in [6.45, 7) is 1.75. The molecule has 2 unspecified atom stereocenters. The minimum Gasteiger partial charge on any atom is -0.497 e. The van der Waals surface area contributed by atoms with E-state index >= 15 is 0 Å². The summed E-state index contributed by atoms with van der Waals surface area (Å²) in [5.74, 6) is 0.387. The van der Waals surface area contributed by atoms with E-state index in [1.165, 1.54) is 0 Å². The molecule has 6 nitrogen and oxygen atoms in total. The summed E-state index contributed by atoms with van der Waals surface area (Å²) >= 11 is 0. The lowest BCUT2D eigenvalue weighted by Crippen LogP contribution is -2.37. The fourth-order valence-corrected chi connectivity index (χ4v) is 2.58. The molecule has 1 aromatic heterocycles. The van der Waals surface area contributed by atoms with Crippen molar-refractivity contribution in [3.8, 4) is 5.75 Å². The monoisotopic (exact) mass is 325 g/mol. The van der Waals surface area contributed by atoms with Crippen molar-refractivity contribution in [3.05, 3.63) is 59.8 Å². The van der Waals surface area contributed by atoms with Crippen molar-refractivity contribution in [2.24, 2.45) is 0 Å². The van der Waals surface area contributed by atoms with Crippen LogP contribution in [0.15, 0.2) is 48.5 Å². The smallest absolute Gasteiger partial charge is 0.272 e. The highest BCUT2D eigenvalue weighted by molar-refractivity contribution is 6.04. The van der Waals surface area contributed by atoms with Gasteiger partial charge in [0.15, 0.2) is 5.69 Å². The van der Waals surface area contributed by atoms with Crippen molar-refractivity contribution in [3.63, 3.8) is 0 Å². The summed E-state index contributed by atoms with van der Waals surface area (Å²) < 4.78 is 5.10. The summed E-state index contributed by atoms with van der Waals surface area (Å²) in [6, 6.07) is 14.0. The summed E-state index contributed by atoms with van der Waals surface area (Å²) in [4.78, 5) is 12.4.